The van der Waals surface area contributed by atoms with Crippen LogP contribution in [0.5, 0.6) is 11.5 Å². The Morgan fingerprint density at radius 2 is 1.87 bits per heavy atom. The third-order valence-electron chi connectivity index (χ3n) is 6.68. The zero-order valence-corrected chi connectivity index (χ0v) is 18.6. The third-order valence-corrected chi connectivity index (χ3v) is 6.68. The molecule has 2 aromatic carbocycles. The van der Waals surface area contributed by atoms with E-state index >= 15 is 0 Å². The van der Waals surface area contributed by atoms with E-state index in [0.717, 1.165) is 36.0 Å². The van der Waals surface area contributed by atoms with Gasteiger partial charge in [0.2, 0.25) is 5.91 Å². The van der Waals surface area contributed by atoms with Crippen LogP contribution in [-0.4, -0.2) is 37.0 Å². The van der Waals surface area contributed by atoms with Crippen LogP contribution in [0.1, 0.15) is 59.8 Å². The van der Waals surface area contributed by atoms with E-state index in [1.54, 1.807) is 19.1 Å². The van der Waals surface area contributed by atoms with E-state index in [9.17, 15) is 9.59 Å². The van der Waals surface area contributed by atoms with E-state index in [2.05, 4.69) is 12.2 Å². The molecule has 0 radical (unpaired) electrons. The van der Waals surface area contributed by atoms with E-state index in [1.807, 2.05) is 43.3 Å². The Morgan fingerprint density at radius 1 is 1.16 bits per heavy atom. The Kier molecular flexibility index (Phi) is 5.90. The van der Waals surface area contributed by atoms with Crippen molar-refractivity contribution in [2.45, 2.75) is 51.7 Å². The average molecular weight is 423 g/mol. The van der Waals surface area contributed by atoms with Gasteiger partial charge in [0.05, 0.1) is 20.3 Å². The van der Waals surface area contributed by atoms with Gasteiger partial charge in [-0.1, -0.05) is 38.5 Å². The Labute approximate surface area is 183 Å². The van der Waals surface area contributed by atoms with E-state index in [0.29, 0.717) is 23.6 Å². The zero-order valence-electron chi connectivity index (χ0n) is 18.6. The maximum absolute atomic E-state index is 13.5. The molecule has 0 spiro atoms. The summed E-state index contributed by atoms with van der Waals surface area (Å²) in [5.74, 6) is 1.25. The fourth-order valence-electron chi connectivity index (χ4n) is 4.77. The molecule has 164 valence electrons. The first-order valence-corrected chi connectivity index (χ1v) is 10.9. The Balaban J connectivity index is 1.58. The lowest BCUT2D eigenvalue weighted by Crippen LogP contribution is -2.51. The van der Waals surface area contributed by atoms with Gasteiger partial charge in [0.1, 0.15) is 6.04 Å². The molecule has 1 heterocycles. The summed E-state index contributed by atoms with van der Waals surface area (Å²) in [5.41, 5.74) is 3.90. The van der Waals surface area contributed by atoms with Crippen LogP contribution in [0.2, 0.25) is 0 Å². The highest BCUT2D eigenvalue weighted by Crippen LogP contribution is 2.39. The fraction of sp³-hybridized carbons (Fsp3) is 0.440. The average Bonchev–Trinajstić information content (AvgIpc) is 3.33. The molecule has 6 heteroatoms. The van der Waals surface area contributed by atoms with Crippen LogP contribution in [0, 0.1) is 5.92 Å². The second kappa shape index (κ2) is 8.61. The topological polar surface area (TPSA) is 67.9 Å². The minimum Gasteiger partial charge on any atom is -0.493 e. The molecular weight excluding hydrogens is 392 g/mol. The number of methoxy groups -OCH3 is 2. The number of nitrogens with one attached hydrogen (secondary N) is 1. The van der Waals surface area contributed by atoms with Crippen molar-refractivity contribution in [3.05, 3.63) is 58.7 Å². The number of benzene rings is 2. The van der Waals surface area contributed by atoms with Crippen LogP contribution in [0.25, 0.3) is 0 Å². The zero-order chi connectivity index (χ0) is 22.1. The molecule has 1 aliphatic heterocycles. The first-order chi connectivity index (χ1) is 15.0. The Morgan fingerprint density at radius 3 is 2.55 bits per heavy atom. The maximum atomic E-state index is 13.5. The van der Waals surface area contributed by atoms with Crippen molar-refractivity contribution < 1.29 is 19.1 Å². The van der Waals surface area contributed by atoms with Gasteiger partial charge in [0.15, 0.2) is 11.5 Å². The summed E-state index contributed by atoms with van der Waals surface area (Å²) in [7, 11) is 3.24. The van der Waals surface area contributed by atoms with Crippen molar-refractivity contribution in [1.82, 2.24) is 10.2 Å². The highest BCUT2D eigenvalue weighted by molar-refractivity contribution is 6.01. The number of aryl methyl sites for hydroxylation is 1. The van der Waals surface area contributed by atoms with E-state index in [1.165, 1.54) is 0 Å². The molecular formula is C25H30N2O4. The van der Waals surface area contributed by atoms with Crippen molar-refractivity contribution in [2.75, 3.05) is 14.2 Å². The van der Waals surface area contributed by atoms with Crippen molar-refractivity contribution in [3.8, 4) is 11.5 Å². The summed E-state index contributed by atoms with van der Waals surface area (Å²) in [6, 6.07) is 11.0. The van der Waals surface area contributed by atoms with Gasteiger partial charge >= 0.3 is 0 Å². The summed E-state index contributed by atoms with van der Waals surface area (Å²) in [6.07, 6.45) is 2.49. The molecule has 0 aromatic heterocycles. The molecule has 31 heavy (non-hydrogen) atoms. The molecule has 3 atom stereocenters. The lowest BCUT2D eigenvalue weighted by Gasteiger charge is -2.32. The monoisotopic (exact) mass is 422 g/mol. The van der Waals surface area contributed by atoms with Crippen LogP contribution < -0.4 is 14.8 Å². The Hall–Kier alpha value is -3.02. The highest BCUT2D eigenvalue weighted by atomic mass is 16.5. The van der Waals surface area contributed by atoms with E-state index < -0.39 is 6.04 Å². The number of rotatable bonds is 7. The molecule has 2 aliphatic rings. The second-order valence-corrected chi connectivity index (χ2v) is 8.43. The first-order valence-electron chi connectivity index (χ1n) is 10.9. The number of carbonyl (C=O) groups excluding carboxylic acids is 2. The van der Waals surface area contributed by atoms with Crippen LogP contribution in [0.4, 0.5) is 0 Å². The summed E-state index contributed by atoms with van der Waals surface area (Å²) >= 11 is 0. The smallest absolute Gasteiger partial charge is 0.255 e. The summed E-state index contributed by atoms with van der Waals surface area (Å²) in [4.78, 5) is 28.3. The first kappa shape index (κ1) is 21.2. The van der Waals surface area contributed by atoms with Gasteiger partial charge in [-0.15, -0.1) is 0 Å². The molecule has 0 unspecified atom stereocenters. The molecule has 1 aliphatic carbocycles. The van der Waals surface area contributed by atoms with Gasteiger partial charge in [-0.25, -0.2) is 0 Å². The van der Waals surface area contributed by atoms with Crippen LogP contribution in [0.15, 0.2) is 36.4 Å². The van der Waals surface area contributed by atoms with Crippen molar-refractivity contribution in [1.29, 1.82) is 0 Å². The number of nitrogens with zero attached hydrogens (tertiary/aromatic N) is 1. The molecule has 4 rings (SSSR count). The SMILES string of the molecule is CC[C@H](C)[C@@H](C(=O)N[C@H]1CCc2cc(OC)c(OC)cc21)N1Cc2ccccc2C1=O. The largest absolute Gasteiger partial charge is 0.493 e. The van der Waals surface area contributed by atoms with Gasteiger partial charge in [-0.3, -0.25) is 9.59 Å². The van der Waals surface area contributed by atoms with Gasteiger partial charge in [-0.2, -0.15) is 0 Å². The number of fused-ring (bicyclic) bond motifs is 2. The minimum absolute atomic E-state index is 0.0459. The molecule has 0 saturated carbocycles. The number of hydrogen-bond donors (Lipinski definition) is 1. The van der Waals surface area contributed by atoms with Crippen molar-refractivity contribution in [3.63, 3.8) is 0 Å². The predicted octanol–water partition coefficient (Wildman–Crippen LogP) is 3.88. The highest BCUT2D eigenvalue weighted by Gasteiger charge is 2.40. The predicted molar refractivity (Wildman–Crippen MR) is 118 cm³/mol. The molecule has 0 bridgehead atoms. The van der Waals surface area contributed by atoms with Crippen LogP contribution in [0.3, 0.4) is 0 Å². The van der Waals surface area contributed by atoms with E-state index in [-0.39, 0.29) is 23.8 Å². The molecule has 6 nitrogen and oxygen atoms in total. The van der Waals surface area contributed by atoms with Gasteiger partial charge in [-0.05, 0) is 53.6 Å². The molecule has 0 fully saturated rings. The quantitative estimate of drug-likeness (QED) is 0.735. The standard InChI is InChI=1S/C25H30N2O4/c1-5-15(2)23(27-14-17-8-6-7-9-18(17)25(27)29)24(28)26-20-11-10-16-12-21(30-3)22(31-4)13-19(16)20/h6-9,12-13,15,20,23H,5,10-11,14H2,1-4H3,(H,26,28)/t15-,20-,23-/m0/s1. The summed E-state index contributed by atoms with van der Waals surface area (Å²) in [5, 5.41) is 3.23. The van der Waals surface area contributed by atoms with Crippen LogP contribution in [-0.2, 0) is 17.8 Å². The van der Waals surface area contributed by atoms with Crippen molar-refractivity contribution in [2.24, 2.45) is 5.92 Å². The van der Waals surface area contributed by atoms with Gasteiger partial charge in [0, 0.05) is 12.1 Å². The number of carbonyl (C=O) groups is 2. The molecule has 2 amide bonds. The van der Waals surface area contributed by atoms with Crippen LogP contribution >= 0.6 is 0 Å². The lowest BCUT2D eigenvalue weighted by atomic mass is 9.96. The Bertz CT molecular complexity index is 1000. The van der Waals surface area contributed by atoms with Gasteiger partial charge in [0.25, 0.3) is 5.91 Å². The van der Waals surface area contributed by atoms with Gasteiger partial charge < -0.3 is 19.7 Å². The second-order valence-electron chi connectivity index (χ2n) is 8.43. The number of amides is 2. The lowest BCUT2D eigenvalue weighted by molar-refractivity contribution is -0.128. The fourth-order valence-corrected chi connectivity index (χ4v) is 4.77. The number of ether oxygens (including phenoxy) is 2. The summed E-state index contributed by atoms with van der Waals surface area (Å²) < 4.78 is 10.9. The number of hydrogen-bond acceptors (Lipinski definition) is 4. The molecule has 1 N–H and O–H groups in total. The maximum Gasteiger partial charge on any atom is 0.255 e. The minimum atomic E-state index is -0.505. The normalized spacial score (nSPS) is 18.9. The molecule has 0 saturated heterocycles. The summed E-state index contributed by atoms with van der Waals surface area (Å²) in [6.45, 7) is 4.57. The molecule has 2 aromatic rings. The third kappa shape index (κ3) is 3.75. The van der Waals surface area contributed by atoms with Crippen molar-refractivity contribution >= 4 is 11.8 Å². The van der Waals surface area contributed by atoms with E-state index in [4.69, 9.17) is 9.47 Å².